The highest BCUT2D eigenvalue weighted by molar-refractivity contribution is 5.99. The maximum Gasteiger partial charge on any atom is 0.331 e. The summed E-state index contributed by atoms with van der Waals surface area (Å²) in [5.41, 5.74) is 1.22. The lowest BCUT2D eigenvalue weighted by molar-refractivity contribution is -0.148. The molecule has 1 amide bonds. The topological polar surface area (TPSA) is 73.9 Å². The van der Waals surface area contributed by atoms with Crippen molar-refractivity contribution in [3.05, 3.63) is 91.0 Å². The number of benzene rings is 2. The van der Waals surface area contributed by atoms with Gasteiger partial charge in [-0.05, 0) is 37.0 Å². The van der Waals surface area contributed by atoms with E-state index < -0.39 is 17.9 Å². The Kier molecular flexibility index (Phi) is 12.9. The largest absolute Gasteiger partial charge is 0.493 e. The minimum atomic E-state index is -0.964. The molecule has 0 aliphatic rings. The van der Waals surface area contributed by atoms with Gasteiger partial charge < -0.3 is 19.5 Å². The van der Waals surface area contributed by atoms with Gasteiger partial charge in [-0.3, -0.25) is 4.79 Å². The lowest BCUT2D eigenvalue weighted by atomic mass is 10.1. The lowest BCUT2D eigenvalue weighted by Gasteiger charge is -2.19. The van der Waals surface area contributed by atoms with Gasteiger partial charge in [-0.1, -0.05) is 67.5 Å². The van der Waals surface area contributed by atoms with Gasteiger partial charge in [-0.25, -0.2) is 4.79 Å². The predicted molar refractivity (Wildman–Crippen MR) is 134 cm³/mol. The fourth-order valence-corrected chi connectivity index (χ4v) is 3.21. The first kappa shape index (κ1) is 26.9. The summed E-state index contributed by atoms with van der Waals surface area (Å²) in [6.45, 7) is 8.19. The first-order valence-corrected chi connectivity index (χ1v) is 11.7. The number of carbonyl (C=O) groups excluding carboxylic acids is 2. The van der Waals surface area contributed by atoms with Crippen LogP contribution in [0.15, 0.2) is 79.9 Å². The van der Waals surface area contributed by atoms with Crippen molar-refractivity contribution in [2.45, 2.75) is 44.8 Å². The molecule has 0 bridgehead atoms. The van der Waals surface area contributed by atoms with E-state index in [-0.39, 0.29) is 19.8 Å². The monoisotopic (exact) mass is 465 g/mol. The van der Waals surface area contributed by atoms with Crippen molar-refractivity contribution in [2.75, 3.05) is 19.8 Å². The highest BCUT2D eigenvalue weighted by Crippen LogP contribution is 2.19. The Bertz CT molecular complexity index is 897. The number of hydrogen-bond acceptors (Lipinski definition) is 5. The van der Waals surface area contributed by atoms with Gasteiger partial charge in [0.2, 0.25) is 0 Å². The molecular weight excluding hydrogens is 430 g/mol. The summed E-state index contributed by atoms with van der Waals surface area (Å²) in [5.74, 6) is -0.515. The van der Waals surface area contributed by atoms with Gasteiger partial charge in [0, 0.05) is 0 Å². The van der Waals surface area contributed by atoms with Gasteiger partial charge >= 0.3 is 5.97 Å². The van der Waals surface area contributed by atoms with Crippen LogP contribution in [0.3, 0.4) is 0 Å². The SMILES string of the molecule is C=CCCCCCCOc1ccccc1C(=O)NC(COCC=C)C(=O)OCc1ccccc1. The van der Waals surface area contributed by atoms with Crippen LogP contribution in [0.25, 0.3) is 0 Å². The molecule has 0 aliphatic carbocycles. The Balaban J connectivity index is 1.95. The molecule has 2 aromatic carbocycles. The van der Waals surface area contributed by atoms with Crippen molar-refractivity contribution in [3.8, 4) is 5.75 Å². The molecule has 1 N–H and O–H groups in total. The summed E-state index contributed by atoms with van der Waals surface area (Å²) < 4.78 is 16.7. The van der Waals surface area contributed by atoms with Crippen LogP contribution < -0.4 is 10.1 Å². The molecule has 182 valence electrons. The van der Waals surface area contributed by atoms with Gasteiger partial charge in [0.15, 0.2) is 6.04 Å². The van der Waals surface area contributed by atoms with Crippen LogP contribution >= 0.6 is 0 Å². The fourth-order valence-electron chi connectivity index (χ4n) is 3.21. The highest BCUT2D eigenvalue weighted by Gasteiger charge is 2.24. The summed E-state index contributed by atoms with van der Waals surface area (Å²) in [5, 5.41) is 2.73. The van der Waals surface area contributed by atoms with Crippen LogP contribution in [0.1, 0.15) is 48.0 Å². The summed E-state index contributed by atoms with van der Waals surface area (Å²) in [7, 11) is 0. The fraction of sp³-hybridized carbons (Fsp3) is 0.357. The molecule has 6 heteroatoms. The number of unbranched alkanes of at least 4 members (excludes halogenated alkanes) is 4. The number of esters is 1. The molecule has 0 saturated carbocycles. The smallest absolute Gasteiger partial charge is 0.331 e. The van der Waals surface area contributed by atoms with Crippen LogP contribution in [0.5, 0.6) is 5.75 Å². The number of nitrogens with one attached hydrogen (secondary N) is 1. The molecule has 6 nitrogen and oxygen atoms in total. The minimum absolute atomic E-state index is 0.0287. The van der Waals surface area contributed by atoms with Gasteiger partial charge in [0.25, 0.3) is 5.91 Å². The highest BCUT2D eigenvalue weighted by atomic mass is 16.5. The molecule has 0 spiro atoms. The molecule has 0 saturated heterocycles. The van der Waals surface area contributed by atoms with Crippen LogP contribution in [-0.2, 0) is 20.9 Å². The van der Waals surface area contributed by atoms with E-state index in [9.17, 15) is 9.59 Å². The van der Waals surface area contributed by atoms with E-state index in [1.54, 1.807) is 24.3 Å². The second-order valence-electron chi connectivity index (χ2n) is 7.78. The lowest BCUT2D eigenvalue weighted by Crippen LogP contribution is -2.45. The number of hydrogen-bond donors (Lipinski definition) is 1. The van der Waals surface area contributed by atoms with Crippen molar-refractivity contribution < 1.29 is 23.8 Å². The van der Waals surface area contributed by atoms with E-state index in [1.165, 1.54) is 0 Å². The summed E-state index contributed by atoms with van der Waals surface area (Å²) in [6, 6.07) is 15.4. The second-order valence-corrected chi connectivity index (χ2v) is 7.78. The van der Waals surface area contributed by atoms with Gasteiger partial charge in [-0.15, -0.1) is 13.2 Å². The maximum atomic E-state index is 13.0. The number of rotatable bonds is 17. The number of para-hydroxylation sites is 1. The molecule has 2 aromatic rings. The zero-order valence-corrected chi connectivity index (χ0v) is 19.7. The summed E-state index contributed by atoms with van der Waals surface area (Å²) in [6.07, 6.45) is 8.73. The summed E-state index contributed by atoms with van der Waals surface area (Å²) in [4.78, 5) is 25.7. The van der Waals surface area contributed by atoms with E-state index in [2.05, 4.69) is 18.5 Å². The number of amides is 1. The molecule has 34 heavy (non-hydrogen) atoms. The van der Waals surface area contributed by atoms with Crippen molar-refractivity contribution in [3.63, 3.8) is 0 Å². The zero-order chi connectivity index (χ0) is 24.4. The molecule has 0 heterocycles. The van der Waals surface area contributed by atoms with Crippen molar-refractivity contribution >= 4 is 11.9 Å². The van der Waals surface area contributed by atoms with E-state index in [0.29, 0.717) is 17.9 Å². The van der Waals surface area contributed by atoms with Crippen molar-refractivity contribution in [2.24, 2.45) is 0 Å². The Morgan fingerprint density at radius 3 is 2.41 bits per heavy atom. The van der Waals surface area contributed by atoms with Crippen LogP contribution in [-0.4, -0.2) is 37.7 Å². The molecule has 0 radical (unpaired) electrons. The minimum Gasteiger partial charge on any atom is -0.493 e. The molecule has 0 aromatic heterocycles. The van der Waals surface area contributed by atoms with Crippen LogP contribution in [0.4, 0.5) is 0 Å². The first-order valence-electron chi connectivity index (χ1n) is 11.7. The molecule has 2 rings (SSSR count). The Labute approximate surface area is 202 Å². The molecule has 0 fully saturated rings. The van der Waals surface area contributed by atoms with E-state index >= 15 is 0 Å². The average molecular weight is 466 g/mol. The molecule has 1 atom stereocenters. The van der Waals surface area contributed by atoms with Gasteiger partial charge in [0.1, 0.15) is 12.4 Å². The Morgan fingerprint density at radius 2 is 1.65 bits per heavy atom. The van der Waals surface area contributed by atoms with E-state index in [1.807, 2.05) is 42.5 Å². The average Bonchev–Trinajstić information content (AvgIpc) is 2.87. The zero-order valence-electron chi connectivity index (χ0n) is 19.7. The normalized spacial score (nSPS) is 11.3. The third kappa shape index (κ3) is 10.0. The quantitative estimate of drug-likeness (QED) is 0.196. The first-order chi connectivity index (χ1) is 16.7. The van der Waals surface area contributed by atoms with Crippen LogP contribution in [0.2, 0.25) is 0 Å². The third-order valence-electron chi connectivity index (χ3n) is 5.03. The standard InChI is InChI=1S/C28H35NO5/c1-3-5-6-7-8-14-20-33-26-18-13-12-17-24(26)27(30)29-25(22-32-19-4-2)28(31)34-21-23-15-10-9-11-16-23/h3-4,9-13,15-18,25H,1-2,5-8,14,19-22H2,(H,29,30). The number of ether oxygens (including phenoxy) is 3. The summed E-state index contributed by atoms with van der Waals surface area (Å²) >= 11 is 0. The second kappa shape index (κ2) is 16.3. The van der Waals surface area contributed by atoms with Gasteiger partial charge in [0.05, 0.1) is 25.4 Å². The van der Waals surface area contributed by atoms with Gasteiger partial charge in [-0.2, -0.15) is 0 Å². The molecule has 1 unspecified atom stereocenters. The molecule has 0 aliphatic heterocycles. The van der Waals surface area contributed by atoms with E-state index in [0.717, 1.165) is 37.7 Å². The van der Waals surface area contributed by atoms with Crippen molar-refractivity contribution in [1.82, 2.24) is 5.32 Å². The van der Waals surface area contributed by atoms with Crippen molar-refractivity contribution in [1.29, 1.82) is 0 Å². The Hall–Kier alpha value is -3.38. The van der Waals surface area contributed by atoms with Crippen LogP contribution in [0, 0.1) is 0 Å². The van der Waals surface area contributed by atoms with E-state index in [4.69, 9.17) is 14.2 Å². The number of allylic oxidation sites excluding steroid dienone is 1. The number of carbonyl (C=O) groups is 2. The molecular formula is C28H35NO5. The maximum absolute atomic E-state index is 13.0. The third-order valence-corrected chi connectivity index (χ3v) is 5.03. The predicted octanol–water partition coefficient (Wildman–Crippen LogP) is 5.25. The Morgan fingerprint density at radius 1 is 0.912 bits per heavy atom.